The van der Waals surface area contributed by atoms with Crippen LogP contribution >= 0.6 is 0 Å². The predicted molar refractivity (Wildman–Crippen MR) is 116 cm³/mol. The minimum absolute atomic E-state index is 0.313. The summed E-state index contributed by atoms with van der Waals surface area (Å²) in [5.74, 6) is 3.35. The first-order chi connectivity index (χ1) is 13.7. The van der Waals surface area contributed by atoms with Crippen molar-refractivity contribution in [1.82, 2.24) is 15.1 Å². The lowest BCUT2D eigenvalue weighted by Crippen LogP contribution is -2.22. The van der Waals surface area contributed by atoms with Gasteiger partial charge in [-0.2, -0.15) is 5.10 Å². The Morgan fingerprint density at radius 3 is 2.62 bits per heavy atom. The Labute approximate surface area is 169 Å². The monoisotopic (exact) mass is 414 g/mol. The number of rotatable bonds is 5. The van der Waals surface area contributed by atoms with E-state index < -0.39 is 9.71 Å². The molecule has 2 aromatic carbocycles. The minimum atomic E-state index is -2.47. The SMILES string of the molecule is C=S(C)(=O)Nc1cc2nn(-c3ccc(C)c(F)c3)c(C(=O)NC)c2cc1C1CC1. The molecule has 0 radical (unpaired) electrons. The average Bonchev–Trinajstić information content (AvgIpc) is 3.42. The molecule has 6 nitrogen and oxygen atoms in total. The van der Waals surface area contributed by atoms with Crippen LogP contribution in [0.15, 0.2) is 30.3 Å². The second-order valence-electron chi connectivity index (χ2n) is 7.61. The Balaban J connectivity index is 1.99. The lowest BCUT2D eigenvalue weighted by Gasteiger charge is -2.13. The molecule has 0 spiro atoms. The quantitative estimate of drug-likeness (QED) is 0.629. The van der Waals surface area contributed by atoms with E-state index in [-0.39, 0.29) is 11.7 Å². The van der Waals surface area contributed by atoms with E-state index in [1.807, 2.05) is 6.07 Å². The molecule has 0 saturated heterocycles. The fourth-order valence-corrected chi connectivity index (χ4v) is 4.08. The molecule has 1 aliphatic carbocycles. The molecule has 0 bridgehead atoms. The number of anilines is 1. The van der Waals surface area contributed by atoms with Gasteiger partial charge in [-0.1, -0.05) is 6.07 Å². The third-order valence-electron chi connectivity index (χ3n) is 5.03. The Morgan fingerprint density at radius 2 is 2.03 bits per heavy atom. The summed E-state index contributed by atoms with van der Waals surface area (Å²) in [7, 11) is -0.925. The van der Waals surface area contributed by atoms with Crippen LogP contribution in [-0.2, 0) is 9.71 Å². The normalized spacial score (nSPS) is 15.9. The summed E-state index contributed by atoms with van der Waals surface area (Å²) in [5, 5.41) is 7.89. The average molecular weight is 415 g/mol. The van der Waals surface area contributed by atoms with Gasteiger partial charge in [0.15, 0.2) is 0 Å². The molecular weight excluding hydrogens is 391 g/mol. The Kier molecular flexibility index (Phi) is 4.61. The number of carbonyl (C=O) groups is 1. The van der Waals surface area contributed by atoms with Gasteiger partial charge in [0, 0.05) is 28.4 Å². The lowest BCUT2D eigenvalue weighted by atomic mass is 10.0. The van der Waals surface area contributed by atoms with Gasteiger partial charge >= 0.3 is 0 Å². The van der Waals surface area contributed by atoms with Crippen LogP contribution in [0.5, 0.6) is 0 Å². The molecule has 1 aromatic heterocycles. The van der Waals surface area contributed by atoms with Gasteiger partial charge in [0.2, 0.25) is 0 Å². The molecule has 1 heterocycles. The maximum absolute atomic E-state index is 14.2. The minimum Gasteiger partial charge on any atom is -0.354 e. The van der Waals surface area contributed by atoms with Crippen molar-refractivity contribution in [1.29, 1.82) is 0 Å². The summed E-state index contributed by atoms with van der Waals surface area (Å²) in [6.45, 7) is 1.68. The van der Waals surface area contributed by atoms with E-state index in [9.17, 15) is 13.4 Å². The largest absolute Gasteiger partial charge is 0.354 e. The number of benzene rings is 2. The summed E-state index contributed by atoms with van der Waals surface area (Å²) in [5.41, 5.74) is 3.58. The first-order valence-corrected chi connectivity index (χ1v) is 11.5. The summed E-state index contributed by atoms with van der Waals surface area (Å²) >= 11 is 0. The van der Waals surface area contributed by atoms with Gasteiger partial charge in [-0.3, -0.25) is 4.79 Å². The molecule has 4 rings (SSSR count). The van der Waals surface area contributed by atoms with Crippen LogP contribution in [0.25, 0.3) is 16.6 Å². The molecular formula is C21H23FN4O2S. The van der Waals surface area contributed by atoms with Crippen molar-refractivity contribution in [3.8, 4) is 5.69 Å². The zero-order valence-electron chi connectivity index (χ0n) is 16.6. The molecule has 0 aliphatic heterocycles. The van der Waals surface area contributed by atoms with E-state index in [2.05, 4.69) is 21.0 Å². The zero-order chi connectivity index (χ0) is 20.9. The van der Waals surface area contributed by atoms with Crippen molar-refractivity contribution in [2.45, 2.75) is 25.7 Å². The van der Waals surface area contributed by atoms with Crippen LogP contribution in [0.2, 0.25) is 0 Å². The number of fused-ring (bicyclic) bond motifs is 1. The number of hydrogen-bond donors (Lipinski definition) is 2. The van der Waals surface area contributed by atoms with E-state index in [1.165, 1.54) is 17.0 Å². The number of aromatic nitrogens is 2. The van der Waals surface area contributed by atoms with E-state index in [0.29, 0.717) is 39.5 Å². The highest BCUT2D eigenvalue weighted by Crippen LogP contribution is 2.45. The van der Waals surface area contributed by atoms with Crippen molar-refractivity contribution in [2.24, 2.45) is 0 Å². The standard InChI is InChI=1S/C21H23FN4O2S/c1-12-5-8-14(9-17(12)22)26-20(21(27)23-2)16-10-15(13-6-7-13)19(11-18(16)24-26)25-29(3,4)28/h5,8-11,13H,3,6-7H2,1-2,4H3,(H,23,27)(H,25,28). The molecule has 1 aliphatic rings. The van der Waals surface area contributed by atoms with E-state index in [0.717, 1.165) is 18.4 Å². The van der Waals surface area contributed by atoms with Crippen LogP contribution in [-0.4, -0.2) is 39.1 Å². The number of amides is 1. The fraction of sp³-hybridized carbons (Fsp3) is 0.286. The third-order valence-corrected chi connectivity index (χ3v) is 5.68. The van der Waals surface area contributed by atoms with Gasteiger partial charge in [-0.15, -0.1) is 0 Å². The summed E-state index contributed by atoms with van der Waals surface area (Å²) < 4.78 is 30.9. The molecule has 1 unspecified atom stereocenters. The molecule has 1 saturated carbocycles. The van der Waals surface area contributed by atoms with Gasteiger partial charge in [0.1, 0.15) is 11.5 Å². The van der Waals surface area contributed by atoms with Crippen molar-refractivity contribution in [3.05, 3.63) is 53.0 Å². The maximum Gasteiger partial charge on any atom is 0.270 e. The molecule has 1 amide bonds. The number of halogens is 1. The molecule has 1 fully saturated rings. The van der Waals surface area contributed by atoms with Gasteiger partial charge in [-0.05, 0) is 66.9 Å². The third kappa shape index (κ3) is 3.72. The van der Waals surface area contributed by atoms with Crippen LogP contribution in [0.3, 0.4) is 0 Å². The highest BCUT2D eigenvalue weighted by molar-refractivity contribution is 8.00. The number of carbonyl (C=O) groups excluding carboxylic acids is 1. The Morgan fingerprint density at radius 1 is 1.31 bits per heavy atom. The summed E-state index contributed by atoms with van der Waals surface area (Å²) in [6, 6.07) is 8.47. The highest BCUT2D eigenvalue weighted by atomic mass is 32.2. The molecule has 29 heavy (non-hydrogen) atoms. The second-order valence-corrected chi connectivity index (χ2v) is 9.83. The first-order valence-electron chi connectivity index (χ1n) is 9.33. The second kappa shape index (κ2) is 6.88. The molecule has 8 heteroatoms. The Hall–Kier alpha value is -2.87. The van der Waals surface area contributed by atoms with Crippen molar-refractivity contribution < 1.29 is 13.4 Å². The number of aryl methyl sites for hydroxylation is 1. The van der Waals surface area contributed by atoms with E-state index in [1.54, 1.807) is 32.2 Å². The highest BCUT2D eigenvalue weighted by Gasteiger charge is 2.29. The van der Waals surface area contributed by atoms with Gasteiger partial charge < -0.3 is 10.0 Å². The Bertz CT molecular complexity index is 1240. The van der Waals surface area contributed by atoms with Gasteiger partial charge in [-0.25, -0.2) is 13.3 Å². The van der Waals surface area contributed by atoms with Crippen LogP contribution in [0.1, 0.15) is 40.4 Å². The smallest absolute Gasteiger partial charge is 0.270 e. The molecule has 1 atom stereocenters. The number of nitrogens with zero attached hydrogens (tertiary/aromatic N) is 2. The van der Waals surface area contributed by atoms with Crippen molar-refractivity contribution >= 4 is 38.1 Å². The number of hydrogen-bond acceptors (Lipinski definition) is 3. The van der Waals surface area contributed by atoms with Gasteiger partial charge in [0.05, 0.1) is 16.9 Å². The van der Waals surface area contributed by atoms with E-state index >= 15 is 0 Å². The van der Waals surface area contributed by atoms with Crippen LogP contribution < -0.4 is 10.0 Å². The van der Waals surface area contributed by atoms with Gasteiger partial charge in [0.25, 0.3) is 5.91 Å². The zero-order valence-corrected chi connectivity index (χ0v) is 17.4. The summed E-state index contributed by atoms with van der Waals surface area (Å²) in [6.07, 6.45) is 3.61. The molecule has 2 N–H and O–H groups in total. The predicted octanol–water partition coefficient (Wildman–Crippen LogP) is 3.38. The lowest BCUT2D eigenvalue weighted by molar-refractivity contribution is 0.0957. The summed E-state index contributed by atoms with van der Waals surface area (Å²) in [4.78, 5) is 12.7. The van der Waals surface area contributed by atoms with Crippen molar-refractivity contribution in [2.75, 3.05) is 18.0 Å². The van der Waals surface area contributed by atoms with Crippen molar-refractivity contribution in [3.63, 3.8) is 0 Å². The van der Waals surface area contributed by atoms with Crippen LogP contribution in [0, 0.1) is 12.7 Å². The number of nitrogens with one attached hydrogen (secondary N) is 2. The first kappa shape index (κ1) is 19.4. The maximum atomic E-state index is 14.2. The topological polar surface area (TPSA) is 76.0 Å². The van der Waals surface area contributed by atoms with Crippen LogP contribution in [0.4, 0.5) is 10.1 Å². The molecule has 152 valence electrons. The molecule has 3 aromatic rings. The fourth-order valence-electron chi connectivity index (χ4n) is 3.44. The van der Waals surface area contributed by atoms with E-state index in [4.69, 9.17) is 0 Å².